The highest BCUT2D eigenvalue weighted by molar-refractivity contribution is 5.44. The van der Waals surface area contributed by atoms with Crippen LogP contribution in [0.2, 0.25) is 0 Å². The van der Waals surface area contributed by atoms with E-state index in [2.05, 4.69) is 4.90 Å². The molecular weight excluding hydrogens is 438 g/mol. The predicted octanol–water partition coefficient (Wildman–Crippen LogP) is 5.68. The van der Waals surface area contributed by atoms with Gasteiger partial charge in [0, 0.05) is 19.1 Å². The van der Waals surface area contributed by atoms with E-state index in [1.54, 1.807) is 7.11 Å². The van der Waals surface area contributed by atoms with Gasteiger partial charge in [0.1, 0.15) is 11.5 Å². The van der Waals surface area contributed by atoms with Crippen LogP contribution in [0.1, 0.15) is 35.8 Å². The molecule has 1 aliphatic carbocycles. The van der Waals surface area contributed by atoms with Gasteiger partial charge in [-0.25, -0.2) is 4.68 Å². The summed E-state index contributed by atoms with van der Waals surface area (Å²) in [4.78, 5) is 2.36. The fourth-order valence-electron chi connectivity index (χ4n) is 4.31. The zero-order chi connectivity index (χ0) is 24.2. The zero-order valence-corrected chi connectivity index (χ0v) is 20.2. The molecule has 1 aliphatic rings. The van der Waals surface area contributed by atoms with Gasteiger partial charge < -0.3 is 14.6 Å². The van der Waals surface area contributed by atoms with E-state index in [9.17, 15) is 5.11 Å². The van der Waals surface area contributed by atoms with Crippen molar-refractivity contribution in [3.8, 4) is 23.1 Å². The molecule has 6 nitrogen and oxygen atoms in total. The Morgan fingerprint density at radius 1 is 0.943 bits per heavy atom. The van der Waals surface area contributed by atoms with Crippen LogP contribution < -0.4 is 9.47 Å². The van der Waals surface area contributed by atoms with Crippen molar-refractivity contribution in [3.05, 3.63) is 102 Å². The maximum absolute atomic E-state index is 10.9. The number of hydrogen-bond donors (Lipinski definition) is 1. The SMILES string of the molecule is COc1ccc(Oc2c(CN(CC(O)c3ccccc3)C3CC3)c(C)nn2-c2ccccc2)cc1. The van der Waals surface area contributed by atoms with E-state index >= 15 is 0 Å². The van der Waals surface area contributed by atoms with Crippen LogP contribution in [0.5, 0.6) is 17.4 Å². The van der Waals surface area contributed by atoms with Crippen LogP contribution in [0.4, 0.5) is 0 Å². The molecule has 6 heteroatoms. The minimum atomic E-state index is -0.549. The molecule has 1 fully saturated rings. The summed E-state index contributed by atoms with van der Waals surface area (Å²) in [7, 11) is 1.65. The number of methoxy groups -OCH3 is 1. The Labute approximate surface area is 206 Å². The fraction of sp³-hybridized carbons (Fsp3) is 0.276. The molecule has 4 aromatic rings. The van der Waals surface area contributed by atoms with Crippen molar-refractivity contribution in [2.24, 2.45) is 0 Å². The molecule has 180 valence electrons. The largest absolute Gasteiger partial charge is 0.497 e. The Morgan fingerprint density at radius 3 is 2.20 bits per heavy atom. The quantitative estimate of drug-likeness (QED) is 0.324. The fourth-order valence-corrected chi connectivity index (χ4v) is 4.31. The lowest BCUT2D eigenvalue weighted by Crippen LogP contribution is -2.30. The average Bonchev–Trinajstić information content (AvgIpc) is 3.71. The molecule has 1 atom stereocenters. The van der Waals surface area contributed by atoms with Crippen molar-refractivity contribution >= 4 is 0 Å². The van der Waals surface area contributed by atoms with Crippen molar-refractivity contribution in [1.82, 2.24) is 14.7 Å². The van der Waals surface area contributed by atoms with E-state index in [4.69, 9.17) is 14.6 Å². The Hall–Kier alpha value is -3.61. The van der Waals surface area contributed by atoms with E-state index in [0.717, 1.165) is 41.1 Å². The summed E-state index contributed by atoms with van der Waals surface area (Å²) >= 11 is 0. The number of aromatic nitrogens is 2. The molecule has 0 saturated heterocycles. The third-order valence-electron chi connectivity index (χ3n) is 6.43. The Bertz CT molecular complexity index is 1240. The number of nitrogens with zero attached hydrogens (tertiary/aromatic N) is 3. The molecule has 5 rings (SSSR count). The number of benzene rings is 3. The Balaban J connectivity index is 1.47. The van der Waals surface area contributed by atoms with Crippen LogP contribution in [0.25, 0.3) is 5.69 Å². The first-order chi connectivity index (χ1) is 17.1. The topological polar surface area (TPSA) is 59.8 Å². The van der Waals surface area contributed by atoms with Crippen molar-refractivity contribution in [2.45, 2.75) is 38.5 Å². The molecular formula is C29H31N3O3. The minimum absolute atomic E-state index is 0.460. The Morgan fingerprint density at radius 2 is 1.57 bits per heavy atom. The second-order valence-corrected chi connectivity index (χ2v) is 8.98. The van der Waals surface area contributed by atoms with E-state index in [1.165, 1.54) is 0 Å². The van der Waals surface area contributed by atoms with Gasteiger partial charge in [-0.3, -0.25) is 4.90 Å². The molecule has 0 bridgehead atoms. The van der Waals surface area contributed by atoms with Crippen LogP contribution >= 0.6 is 0 Å². The molecule has 1 aromatic heterocycles. The molecule has 35 heavy (non-hydrogen) atoms. The summed E-state index contributed by atoms with van der Waals surface area (Å²) < 4.78 is 13.6. The first-order valence-electron chi connectivity index (χ1n) is 12.1. The van der Waals surface area contributed by atoms with E-state index < -0.39 is 6.10 Å². The van der Waals surface area contributed by atoms with E-state index in [1.807, 2.05) is 96.5 Å². The highest BCUT2D eigenvalue weighted by Gasteiger charge is 2.33. The standard InChI is InChI=1S/C29H31N3O3/c1-21-27(19-31(23-13-14-23)20-28(33)22-9-5-3-6-10-22)29(32(30-21)24-11-7-4-8-12-24)35-26-17-15-25(34-2)16-18-26/h3-12,15-18,23,28,33H,13-14,19-20H2,1-2H3. The number of para-hydroxylation sites is 1. The number of hydrogen-bond acceptors (Lipinski definition) is 5. The van der Waals surface area contributed by atoms with Crippen LogP contribution in [0.3, 0.4) is 0 Å². The second kappa shape index (κ2) is 10.3. The Kier molecular flexibility index (Phi) is 6.84. The van der Waals surface area contributed by atoms with Gasteiger partial charge in [-0.1, -0.05) is 48.5 Å². The molecule has 1 unspecified atom stereocenters. The van der Waals surface area contributed by atoms with Crippen molar-refractivity contribution in [3.63, 3.8) is 0 Å². The molecule has 0 amide bonds. The van der Waals surface area contributed by atoms with Gasteiger partial charge >= 0.3 is 0 Å². The summed E-state index contributed by atoms with van der Waals surface area (Å²) in [5.41, 5.74) is 3.81. The van der Waals surface area contributed by atoms with E-state index in [0.29, 0.717) is 30.8 Å². The van der Waals surface area contributed by atoms with Gasteiger partial charge in [0.05, 0.1) is 30.2 Å². The normalized spacial score (nSPS) is 14.2. The smallest absolute Gasteiger partial charge is 0.227 e. The highest BCUT2D eigenvalue weighted by Crippen LogP contribution is 2.36. The van der Waals surface area contributed by atoms with Gasteiger partial charge in [-0.15, -0.1) is 0 Å². The van der Waals surface area contributed by atoms with Crippen molar-refractivity contribution < 1.29 is 14.6 Å². The zero-order valence-electron chi connectivity index (χ0n) is 20.2. The van der Waals surface area contributed by atoms with Crippen LogP contribution in [-0.4, -0.2) is 39.5 Å². The lowest BCUT2D eigenvalue weighted by Gasteiger charge is -2.25. The summed E-state index contributed by atoms with van der Waals surface area (Å²) in [6.45, 7) is 3.24. The van der Waals surface area contributed by atoms with Gasteiger partial charge in [-0.2, -0.15) is 5.10 Å². The van der Waals surface area contributed by atoms with Gasteiger partial charge in [0.25, 0.3) is 0 Å². The lowest BCUT2D eigenvalue weighted by molar-refractivity contribution is 0.104. The number of rotatable bonds is 10. The highest BCUT2D eigenvalue weighted by atomic mass is 16.5. The van der Waals surface area contributed by atoms with Gasteiger partial charge in [0.2, 0.25) is 5.88 Å². The molecule has 3 aromatic carbocycles. The maximum Gasteiger partial charge on any atom is 0.227 e. The number of aryl methyl sites for hydroxylation is 1. The second-order valence-electron chi connectivity index (χ2n) is 8.98. The van der Waals surface area contributed by atoms with Gasteiger partial charge in [0.15, 0.2) is 0 Å². The third kappa shape index (κ3) is 5.39. The van der Waals surface area contributed by atoms with Crippen LogP contribution in [-0.2, 0) is 6.54 Å². The third-order valence-corrected chi connectivity index (χ3v) is 6.43. The summed E-state index contributed by atoms with van der Waals surface area (Å²) in [5, 5.41) is 15.8. The molecule has 0 aliphatic heterocycles. The molecule has 0 radical (unpaired) electrons. The van der Waals surface area contributed by atoms with Crippen molar-refractivity contribution in [2.75, 3.05) is 13.7 Å². The first-order valence-corrected chi connectivity index (χ1v) is 12.1. The minimum Gasteiger partial charge on any atom is -0.497 e. The lowest BCUT2D eigenvalue weighted by atomic mass is 10.1. The van der Waals surface area contributed by atoms with Crippen LogP contribution in [0, 0.1) is 6.92 Å². The predicted molar refractivity (Wildman–Crippen MR) is 136 cm³/mol. The van der Waals surface area contributed by atoms with Crippen LogP contribution in [0.15, 0.2) is 84.9 Å². The van der Waals surface area contributed by atoms with Gasteiger partial charge in [-0.05, 0) is 61.7 Å². The van der Waals surface area contributed by atoms with E-state index in [-0.39, 0.29) is 0 Å². The maximum atomic E-state index is 10.9. The van der Waals surface area contributed by atoms with Crippen molar-refractivity contribution in [1.29, 1.82) is 0 Å². The first kappa shape index (κ1) is 23.1. The summed E-state index contributed by atoms with van der Waals surface area (Å²) in [6, 6.07) is 27.9. The monoisotopic (exact) mass is 469 g/mol. The number of ether oxygens (including phenoxy) is 2. The molecule has 1 N–H and O–H groups in total. The summed E-state index contributed by atoms with van der Waals surface area (Å²) in [5.74, 6) is 2.19. The molecule has 0 spiro atoms. The number of aliphatic hydroxyl groups excluding tert-OH is 1. The molecule has 1 heterocycles. The molecule has 1 saturated carbocycles. The summed E-state index contributed by atoms with van der Waals surface area (Å²) in [6.07, 6.45) is 1.73. The average molecular weight is 470 g/mol. The number of aliphatic hydroxyl groups is 1.